The first-order valence-electron chi connectivity index (χ1n) is 2.92. The van der Waals surface area contributed by atoms with Crippen molar-refractivity contribution in [3.8, 4) is 0 Å². The zero-order chi connectivity index (χ0) is 9.30. The summed E-state index contributed by atoms with van der Waals surface area (Å²) < 4.78 is 24.6. The quantitative estimate of drug-likeness (QED) is 0.786. The molecule has 1 aromatic heterocycles. The Morgan fingerprint density at radius 2 is 2.17 bits per heavy atom. The number of pyridine rings is 1. The summed E-state index contributed by atoms with van der Waals surface area (Å²) in [4.78, 5) is 3.49. The molecule has 0 aliphatic carbocycles. The van der Waals surface area contributed by atoms with Crippen LogP contribution in [0.4, 0.5) is 14.6 Å². The van der Waals surface area contributed by atoms with Gasteiger partial charge in [-0.1, -0.05) is 27.5 Å². The highest BCUT2D eigenvalue weighted by Gasteiger charge is 2.17. The summed E-state index contributed by atoms with van der Waals surface area (Å²) >= 11 is 8.37. The van der Waals surface area contributed by atoms with Crippen LogP contribution in [0.3, 0.4) is 0 Å². The monoisotopic (exact) mass is 256 g/mol. The van der Waals surface area contributed by atoms with Crippen molar-refractivity contribution >= 4 is 33.3 Å². The molecule has 1 heterocycles. The van der Waals surface area contributed by atoms with Crippen LogP contribution in [0.5, 0.6) is 0 Å². The highest BCUT2D eigenvalue weighted by atomic mass is 79.9. The summed E-state index contributed by atoms with van der Waals surface area (Å²) in [6.45, 7) is 0. The summed E-state index contributed by atoms with van der Waals surface area (Å²) in [5, 5.41) is 0.0868. The van der Waals surface area contributed by atoms with E-state index >= 15 is 0 Å². The van der Waals surface area contributed by atoms with Crippen LogP contribution in [0.25, 0.3) is 0 Å². The Kier molecular flexibility index (Phi) is 2.85. The normalized spacial score (nSPS) is 10.8. The van der Waals surface area contributed by atoms with Crippen LogP contribution < -0.4 is 5.73 Å². The second kappa shape index (κ2) is 3.53. The third-order valence-corrected chi connectivity index (χ3v) is 2.07. The number of nitrogens with zero attached hydrogens (tertiary/aromatic N) is 1. The van der Waals surface area contributed by atoms with Crippen LogP contribution in [0.2, 0.25) is 5.15 Å². The molecule has 1 aromatic rings. The fourth-order valence-corrected chi connectivity index (χ4v) is 1.65. The van der Waals surface area contributed by atoms with E-state index in [0.717, 1.165) is 0 Å². The fourth-order valence-electron chi connectivity index (χ4n) is 0.728. The minimum Gasteiger partial charge on any atom is -0.383 e. The fraction of sp³-hybridized carbons (Fsp3) is 0.167. The molecular formula is C6H4BrClF2N2. The maximum atomic E-state index is 12.2. The minimum absolute atomic E-state index is 0.0868. The molecule has 0 atom stereocenters. The topological polar surface area (TPSA) is 38.9 Å². The molecule has 12 heavy (non-hydrogen) atoms. The van der Waals surface area contributed by atoms with Gasteiger partial charge < -0.3 is 5.73 Å². The van der Waals surface area contributed by atoms with E-state index < -0.39 is 6.43 Å². The van der Waals surface area contributed by atoms with E-state index in [1.165, 1.54) is 6.07 Å². The molecule has 2 N–H and O–H groups in total. The molecule has 6 heteroatoms. The minimum atomic E-state index is -2.65. The molecule has 0 amide bonds. The van der Waals surface area contributed by atoms with E-state index in [9.17, 15) is 8.78 Å². The maximum Gasteiger partial charge on any atom is 0.268 e. The molecule has 0 saturated carbocycles. The molecular weight excluding hydrogens is 253 g/mol. The van der Waals surface area contributed by atoms with Crippen molar-refractivity contribution < 1.29 is 8.78 Å². The van der Waals surface area contributed by atoms with Gasteiger partial charge >= 0.3 is 0 Å². The molecule has 0 aliphatic heterocycles. The van der Waals surface area contributed by atoms with Gasteiger partial charge in [-0.05, 0) is 6.07 Å². The lowest BCUT2D eigenvalue weighted by atomic mass is 10.3. The van der Waals surface area contributed by atoms with Gasteiger partial charge in [0.25, 0.3) is 6.43 Å². The van der Waals surface area contributed by atoms with Crippen molar-refractivity contribution in [1.82, 2.24) is 4.98 Å². The first kappa shape index (κ1) is 9.67. The zero-order valence-corrected chi connectivity index (χ0v) is 8.03. The Hall–Kier alpha value is -0.420. The smallest absolute Gasteiger partial charge is 0.268 e. The predicted molar refractivity (Wildman–Crippen MR) is 46.3 cm³/mol. The number of rotatable bonds is 1. The molecule has 0 saturated heterocycles. The van der Waals surface area contributed by atoms with Gasteiger partial charge in [0.15, 0.2) is 0 Å². The van der Waals surface area contributed by atoms with E-state index in [-0.39, 0.29) is 21.0 Å². The lowest BCUT2D eigenvalue weighted by molar-refractivity contribution is 0.151. The van der Waals surface area contributed by atoms with E-state index in [2.05, 4.69) is 20.9 Å². The lowest BCUT2D eigenvalue weighted by Gasteiger charge is -2.05. The first-order valence-corrected chi connectivity index (χ1v) is 4.09. The molecule has 0 bridgehead atoms. The Balaban J connectivity index is 3.28. The van der Waals surface area contributed by atoms with Crippen LogP contribution >= 0.6 is 27.5 Å². The Morgan fingerprint density at radius 3 is 2.58 bits per heavy atom. The standard InChI is InChI=1S/C6H4BrClF2N2/c7-2-1-3(8)12-6(11)4(2)5(9)10/h1,5H,(H2,11,12). The van der Waals surface area contributed by atoms with Crippen molar-refractivity contribution in [2.24, 2.45) is 0 Å². The predicted octanol–water partition coefficient (Wildman–Crippen LogP) is 3.02. The van der Waals surface area contributed by atoms with Gasteiger partial charge in [-0.2, -0.15) is 0 Å². The van der Waals surface area contributed by atoms with Crippen LogP contribution in [-0.4, -0.2) is 4.98 Å². The van der Waals surface area contributed by atoms with Crippen molar-refractivity contribution in [2.75, 3.05) is 5.73 Å². The van der Waals surface area contributed by atoms with Crippen LogP contribution in [0.15, 0.2) is 10.5 Å². The number of nitrogen functional groups attached to an aromatic ring is 1. The molecule has 0 aromatic carbocycles. The Morgan fingerprint density at radius 1 is 1.58 bits per heavy atom. The number of alkyl halides is 2. The Bertz CT molecular complexity index is 283. The number of nitrogens with two attached hydrogens (primary N) is 1. The second-order valence-corrected chi connectivity index (χ2v) is 3.27. The third-order valence-electron chi connectivity index (χ3n) is 1.22. The van der Waals surface area contributed by atoms with Gasteiger partial charge in [0, 0.05) is 4.47 Å². The SMILES string of the molecule is Nc1nc(Cl)cc(Br)c1C(F)F. The molecule has 2 nitrogen and oxygen atoms in total. The van der Waals surface area contributed by atoms with Crippen molar-refractivity contribution in [2.45, 2.75) is 6.43 Å². The van der Waals surface area contributed by atoms with Crippen molar-refractivity contribution in [3.63, 3.8) is 0 Å². The molecule has 0 unspecified atom stereocenters. The van der Waals surface area contributed by atoms with Crippen LogP contribution in [-0.2, 0) is 0 Å². The molecule has 0 fully saturated rings. The van der Waals surface area contributed by atoms with Gasteiger partial charge in [-0.15, -0.1) is 0 Å². The summed E-state index contributed by atoms with van der Waals surface area (Å²) in [5.74, 6) is -0.246. The van der Waals surface area contributed by atoms with Crippen LogP contribution in [0.1, 0.15) is 12.0 Å². The number of hydrogen-bond acceptors (Lipinski definition) is 2. The zero-order valence-electron chi connectivity index (χ0n) is 5.69. The average Bonchev–Trinajstić information content (AvgIpc) is 1.82. The summed E-state index contributed by atoms with van der Waals surface area (Å²) in [6, 6.07) is 1.28. The number of anilines is 1. The largest absolute Gasteiger partial charge is 0.383 e. The number of halogens is 4. The number of aromatic nitrogens is 1. The Labute approximate surface area is 80.9 Å². The molecule has 66 valence electrons. The van der Waals surface area contributed by atoms with Gasteiger partial charge in [0.1, 0.15) is 11.0 Å². The maximum absolute atomic E-state index is 12.2. The molecule has 0 radical (unpaired) electrons. The molecule has 1 rings (SSSR count). The van der Waals surface area contributed by atoms with Gasteiger partial charge in [0.2, 0.25) is 0 Å². The van der Waals surface area contributed by atoms with E-state index in [1.807, 2.05) is 0 Å². The molecule has 0 spiro atoms. The van der Waals surface area contributed by atoms with Gasteiger partial charge in [-0.25, -0.2) is 13.8 Å². The summed E-state index contributed by atoms with van der Waals surface area (Å²) in [5.41, 5.74) is 4.90. The van der Waals surface area contributed by atoms with Crippen molar-refractivity contribution in [3.05, 3.63) is 21.3 Å². The van der Waals surface area contributed by atoms with E-state index in [1.54, 1.807) is 0 Å². The first-order chi connectivity index (χ1) is 5.52. The summed E-state index contributed by atoms with van der Waals surface area (Å²) in [6.07, 6.45) is -2.65. The lowest BCUT2D eigenvalue weighted by Crippen LogP contribution is -1.99. The van der Waals surface area contributed by atoms with E-state index in [0.29, 0.717) is 0 Å². The van der Waals surface area contributed by atoms with Gasteiger partial charge in [0.05, 0.1) is 5.56 Å². The average molecular weight is 257 g/mol. The van der Waals surface area contributed by atoms with Crippen molar-refractivity contribution in [1.29, 1.82) is 0 Å². The molecule has 0 aliphatic rings. The number of hydrogen-bond donors (Lipinski definition) is 1. The van der Waals surface area contributed by atoms with Gasteiger partial charge in [-0.3, -0.25) is 0 Å². The van der Waals surface area contributed by atoms with Crippen LogP contribution in [0, 0.1) is 0 Å². The summed E-state index contributed by atoms with van der Waals surface area (Å²) in [7, 11) is 0. The highest BCUT2D eigenvalue weighted by molar-refractivity contribution is 9.10. The highest BCUT2D eigenvalue weighted by Crippen LogP contribution is 2.32. The third kappa shape index (κ3) is 1.84. The van der Waals surface area contributed by atoms with E-state index in [4.69, 9.17) is 17.3 Å². The second-order valence-electron chi connectivity index (χ2n) is 2.03.